The van der Waals surface area contributed by atoms with Crippen molar-refractivity contribution in [2.45, 2.75) is 13.5 Å². The standard InChI is InChI=1S/C17H17N3O/c1-12-2-4-13(5-3-12)11-20-9-8-14-6-7-15(10-16(14)20)17(18)19-21/h2-10,21H,11H2,1H3,(H2,18,19). The number of nitrogens with zero attached hydrogens (tertiary/aromatic N) is 2. The number of amidine groups is 1. The van der Waals surface area contributed by atoms with Gasteiger partial charge in [-0.3, -0.25) is 0 Å². The van der Waals surface area contributed by atoms with Crippen LogP contribution in [0.3, 0.4) is 0 Å². The summed E-state index contributed by atoms with van der Waals surface area (Å²) in [7, 11) is 0. The number of fused-ring (bicyclic) bond motifs is 1. The molecular formula is C17H17N3O. The van der Waals surface area contributed by atoms with E-state index in [1.54, 1.807) is 0 Å². The number of aryl methyl sites for hydroxylation is 1. The van der Waals surface area contributed by atoms with E-state index in [0.717, 1.165) is 17.4 Å². The summed E-state index contributed by atoms with van der Waals surface area (Å²) in [6, 6.07) is 16.3. The summed E-state index contributed by atoms with van der Waals surface area (Å²) in [5, 5.41) is 13.0. The zero-order valence-corrected chi connectivity index (χ0v) is 11.8. The van der Waals surface area contributed by atoms with Crippen LogP contribution in [0.1, 0.15) is 16.7 Å². The highest BCUT2D eigenvalue weighted by molar-refractivity contribution is 6.00. The van der Waals surface area contributed by atoms with Crippen molar-refractivity contribution in [3.05, 3.63) is 71.4 Å². The summed E-state index contributed by atoms with van der Waals surface area (Å²) in [5.74, 6) is 0.125. The third kappa shape index (κ3) is 2.60. The number of oxime groups is 1. The molecule has 0 spiro atoms. The summed E-state index contributed by atoms with van der Waals surface area (Å²) >= 11 is 0. The Hall–Kier alpha value is -2.75. The maximum Gasteiger partial charge on any atom is 0.170 e. The van der Waals surface area contributed by atoms with E-state index in [1.165, 1.54) is 11.1 Å². The molecule has 0 fully saturated rings. The van der Waals surface area contributed by atoms with E-state index in [1.807, 2.05) is 18.2 Å². The molecule has 21 heavy (non-hydrogen) atoms. The zero-order valence-electron chi connectivity index (χ0n) is 11.8. The van der Waals surface area contributed by atoms with E-state index in [2.05, 4.69) is 53.2 Å². The van der Waals surface area contributed by atoms with Crippen LogP contribution < -0.4 is 5.73 Å². The van der Waals surface area contributed by atoms with Crippen molar-refractivity contribution in [1.82, 2.24) is 4.57 Å². The number of aromatic nitrogens is 1. The Kier molecular flexibility index (Phi) is 3.36. The molecule has 1 heterocycles. The average Bonchev–Trinajstić information content (AvgIpc) is 2.91. The van der Waals surface area contributed by atoms with Crippen LogP contribution in [0.4, 0.5) is 0 Å². The molecule has 3 aromatic rings. The van der Waals surface area contributed by atoms with Gasteiger partial charge in [-0.05, 0) is 30.0 Å². The molecule has 0 saturated carbocycles. The lowest BCUT2D eigenvalue weighted by molar-refractivity contribution is 0.318. The van der Waals surface area contributed by atoms with Crippen LogP contribution in [0.2, 0.25) is 0 Å². The number of rotatable bonds is 3. The molecule has 0 aliphatic heterocycles. The Morgan fingerprint density at radius 1 is 1.14 bits per heavy atom. The molecule has 0 aliphatic carbocycles. The van der Waals surface area contributed by atoms with Crippen molar-refractivity contribution < 1.29 is 5.21 Å². The minimum atomic E-state index is 0.125. The van der Waals surface area contributed by atoms with Crippen LogP contribution in [0, 0.1) is 6.92 Å². The lowest BCUT2D eigenvalue weighted by Gasteiger charge is -2.07. The Morgan fingerprint density at radius 2 is 1.90 bits per heavy atom. The number of nitrogens with two attached hydrogens (primary N) is 1. The highest BCUT2D eigenvalue weighted by atomic mass is 16.4. The Morgan fingerprint density at radius 3 is 2.62 bits per heavy atom. The molecule has 0 atom stereocenters. The normalized spacial score (nSPS) is 12.0. The number of benzene rings is 2. The van der Waals surface area contributed by atoms with Gasteiger partial charge in [0.1, 0.15) is 0 Å². The minimum Gasteiger partial charge on any atom is -0.409 e. The second-order valence-electron chi connectivity index (χ2n) is 5.19. The summed E-state index contributed by atoms with van der Waals surface area (Å²) in [6.07, 6.45) is 2.06. The summed E-state index contributed by atoms with van der Waals surface area (Å²) < 4.78 is 2.16. The van der Waals surface area contributed by atoms with Gasteiger partial charge in [-0.25, -0.2) is 0 Å². The summed E-state index contributed by atoms with van der Waals surface area (Å²) in [5.41, 5.74) is 9.95. The van der Waals surface area contributed by atoms with E-state index < -0.39 is 0 Å². The predicted molar refractivity (Wildman–Crippen MR) is 84.7 cm³/mol. The highest BCUT2D eigenvalue weighted by Gasteiger charge is 2.05. The first-order chi connectivity index (χ1) is 10.2. The van der Waals surface area contributed by atoms with Crippen molar-refractivity contribution >= 4 is 16.7 Å². The third-order valence-corrected chi connectivity index (χ3v) is 3.65. The van der Waals surface area contributed by atoms with Crippen LogP contribution >= 0.6 is 0 Å². The number of hydrogen-bond donors (Lipinski definition) is 2. The van der Waals surface area contributed by atoms with Gasteiger partial charge in [-0.1, -0.05) is 47.1 Å². The first-order valence-corrected chi connectivity index (χ1v) is 6.80. The fourth-order valence-corrected chi connectivity index (χ4v) is 2.43. The summed E-state index contributed by atoms with van der Waals surface area (Å²) in [6.45, 7) is 2.88. The van der Waals surface area contributed by atoms with Crippen molar-refractivity contribution in [3.8, 4) is 0 Å². The fraction of sp³-hybridized carbons (Fsp3) is 0.118. The molecule has 1 aromatic heterocycles. The van der Waals surface area contributed by atoms with Crippen LogP contribution in [0.15, 0.2) is 59.9 Å². The van der Waals surface area contributed by atoms with Gasteiger partial charge in [0.15, 0.2) is 5.84 Å². The summed E-state index contributed by atoms with van der Waals surface area (Å²) in [4.78, 5) is 0. The molecule has 0 aliphatic rings. The molecule has 4 heteroatoms. The van der Waals surface area contributed by atoms with E-state index in [4.69, 9.17) is 10.9 Å². The van der Waals surface area contributed by atoms with Gasteiger partial charge >= 0.3 is 0 Å². The molecule has 0 unspecified atom stereocenters. The zero-order chi connectivity index (χ0) is 14.8. The van der Waals surface area contributed by atoms with E-state index in [-0.39, 0.29) is 5.84 Å². The van der Waals surface area contributed by atoms with Crippen molar-refractivity contribution in [3.63, 3.8) is 0 Å². The number of hydrogen-bond acceptors (Lipinski definition) is 2. The van der Waals surface area contributed by atoms with Crippen molar-refractivity contribution in [2.75, 3.05) is 0 Å². The third-order valence-electron chi connectivity index (χ3n) is 3.65. The largest absolute Gasteiger partial charge is 0.409 e. The molecule has 0 radical (unpaired) electrons. The second kappa shape index (κ2) is 5.32. The SMILES string of the molecule is Cc1ccc(Cn2ccc3ccc(/C(N)=N/O)cc32)cc1. The topological polar surface area (TPSA) is 63.5 Å². The molecule has 3 rings (SSSR count). The van der Waals surface area contributed by atoms with E-state index >= 15 is 0 Å². The van der Waals surface area contributed by atoms with Gasteiger partial charge in [0.25, 0.3) is 0 Å². The molecule has 0 bridgehead atoms. The van der Waals surface area contributed by atoms with Crippen LogP contribution in [0.25, 0.3) is 10.9 Å². The van der Waals surface area contributed by atoms with Crippen LogP contribution in [-0.4, -0.2) is 15.6 Å². The molecule has 2 aromatic carbocycles. The minimum absolute atomic E-state index is 0.125. The molecule has 3 N–H and O–H groups in total. The van der Waals surface area contributed by atoms with E-state index in [0.29, 0.717) is 5.56 Å². The maximum absolute atomic E-state index is 8.80. The molecule has 0 saturated heterocycles. The molecule has 0 amide bonds. The van der Waals surface area contributed by atoms with Crippen LogP contribution in [-0.2, 0) is 6.54 Å². The monoisotopic (exact) mass is 279 g/mol. The lowest BCUT2D eigenvalue weighted by atomic mass is 10.1. The first-order valence-electron chi connectivity index (χ1n) is 6.80. The van der Waals surface area contributed by atoms with Crippen molar-refractivity contribution in [1.29, 1.82) is 0 Å². The Bertz CT molecular complexity index is 801. The molecule has 4 nitrogen and oxygen atoms in total. The first kappa shape index (κ1) is 13.2. The lowest BCUT2D eigenvalue weighted by Crippen LogP contribution is -2.13. The van der Waals surface area contributed by atoms with Gasteiger partial charge < -0.3 is 15.5 Å². The smallest absolute Gasteiger partial charge is 0.170 e. The Labute approximate surface area is 123 Å². The fourth-order valence-electron chi connectivity index (χ4n) is 2.43. The van der Waals surface area contributed by atoms with Gasteiger partial charge in [0.2, 0.25) is 0 Å². The van der Waals surface area contributed by atoms with Gasteiger partial charge in [-0.2, -0.15) is 0 Å². The average molecular weight is 279 g/mol. The second-order valence-corrected chi connectivity index (χ2v) is 5.19. The quantitative estimate of drug-likeness (QED) is 0.335. The van der Waals surface area contributed by atoms with Crippen LogP contribution in [0.5, 0.6) is 0 Å². The molecule has 106 valence electrons. The maximum atomic E-state index is 8.80. The predicted octanol–water partition coefficient (Wildman–Crippen LogP) is 3.09. The Balaban J connectivity index is 2.00. The highest BCUT2D eigenvalue weighted by Crippen LogP contribution is 2.19. The van der Waals surface area contributed by atoms with Gasteiger partial charge in [0.05, 0.1) is 0 Å². The van der Waals surface area contributed by atoms with Gasteiger partial charge in [0, 0.05) is 23.8 Å². The van der Waals surface area contributed by atoms with Gasteiger partial charge in [-0.15, -0.1) is 0 Å². The molecular weight excluding hydrogens is 262 g/mol. The van der Waals surface area contributed by atoms with Crippen molar-refractivity contribution in [2.24, 2.45) is 10.9 Å². The van der Waals surface area contributed by atoms with E-state index in [9.17, 15) is 0 Å².